The minimum Gasteiger partial charge on any atom is -0.324 e. The molecule has 0 aliphatic carbocycles. The first-order valence-corrected chi connectivity index (χ1v) is 9.16. The van der Waals surface area contributed by atoms with Gasteiger partial charge in [0.25, 0.3) is 0 Å². The van der Waals surface area contributed by atoms with Gasteiger partial charge in [0.2, 0.25) is 15.9 Å². The molecule has 1 unspecified atom stereocenters. The van der Waals surface area contributed by atoms with Gasteiger partial charge in [0.1, 0.15) is 11.9 Å². The topological polar surface area (TPSA) is 66.5 Å². The molecule has 2 aromatic carbocycles. The highest BCUT2D eigenvalue weighted by atomic mass is 32.2. The van der Waals surface area contributed by atoms with Crippen molar-refractivity contribution in [1.82, 2.24) is 0 Å². The Kier molecular flexibility index (Phi) is 5.23. The monoisotopic (exact) mass is 350 g/mol. The Bertz CT molecular complexity index is 835. The van der Waals surface area contributed by atoms with Crippen molar-refractivity contribution >= 4 is 27.3 Å². The molecule has 1 atom stereocenters. The second kappa shape index (κ2) is 7.00. The predicted molar refractivity (Wildman–Crippen MR) is 93.0 cm³/mol. The number of carbonyl (C=O) groups excluding carboxylic acids is 1. The number of nitrogens with one attached hydrogen (secondary N) is 1. The molecule has 0 heterocycles. The minimum absolute atomic E-state index is 0.268. The number of aryl methyl sites for hydroxylation is 1. The van der Waals surface area contributed by atoms with Gasteiger partial charge in [-0.05, 0) is 44.2 Å². The summed E-state index contributed by atoms with van der Waals surface area (Å²) in [5, 5.41) is 2.53. The molecule has 0 radical (unpaired) electrons. The van der Waals surface area contributed by atoms with Crippen LogP contribution in [0.1, 0.15) is 12.5 Å². The quantitative estimate of drug-likeness (QED) is 0.902. The lowest BCUT2D eigenvalue weighted by Gasteiger charge is -2.28. The minimum atomic E-state index is -3.68. The van der Waals surface area contributed by atoms with Crippen LogP contribution in [0.15, 0.2) is 48.5 Å². The van der Waals surface area contributed by atoms with Crippen LogP contribution in [0.4, 0.5) is 15.8 Å². The lowest BCUT2D eigenvalue weighted by atomic mass is 10.2. The second-order valence-electron chi connectivity index (χ2n) is 5.57. The van der Waals surface area contributed by atoms with Crippen LogP contribution in [-0.2, 0) is 14.8 Å². The Morgan fingerprint density at radius 1 is 1.17 bits per heavy atom. The van der Waals surface area contributed by atoms with E-state index < -0.39 is 27.8 Å². The Hall–Kier alpha value is -2.41. The van der Waals surface area contributed by atoms with E-state index in [-0.39, 0.29) is 5.69 Å². The SMILES string of the molecule is Cc1ccc(N(C(C)C(=O)Nc2cccc(F)c2)S(C)(=O)=O)cc1. The Morgan fingerprint density at radius 2 is 1.79 bits per heavy atom. The van der Waals surface area contributed by atoms with Crippen molar-refractivity contribution in [3.8, 4) is 0 Å². The zero-order chi connectivity index (χ0) is 17.9. The molecule has 0 aliphatic heterocycles. The van der Waals surface area contributed by atoms with E-state index in [0.29, 0.717) is 5.69 Å². The maximum atomic E-state index is 13.2. The number of carbonyl (C=O) groups is 1. The molecule has 2 aromatic rings. The van der Waals surface area contributed by atoms with Gasteiger partial charge >= 0.3 is 0 Å². The molecule has 0 aliphatic rings. The van der Waals surface area contributed by atoms with E-state index in [0.717, 1.165) is 16.1 Å². The highest BCUT2D eigenvalue weighted by molar-refractivity contribution is 7.92. The molecule has 0 saturated carbocycles. The molecule has 7 heteroatoms. The van der Waals surface area contributed by atoms with E-state index in [1.165, 1.54) is 31.2 Å². The summed E-state index contributed by atoms with van der Waals surface area (Å²) in [7, 11) is -3.68. The van der Waals surface area contributed by atoms with Crippen LogP contribution in [0.25, 0.3) is 0 Å². The van der Waals surface area contributed by atoms with Gasteiger partial charge < -0.3 is 5.32 Å². The number of sulfonamides is 1. The Labute approximate surface area is 141 Å². The van der Waals surface area contributed by atoms with Gasteiger partial charge in [-0.2, -0.15) is 0 Å². The van der Waals surface area contributed by atoms with Crippen LogP contribution < -0.4 is 9.62 Å². The number of amides is 1. The van der Waals surface area contributed by atoms with Crippen molar-refractivity contribution in [3.05, 3.63) is 59.9 Å². The van der Waals surface area contributed by atoms with E-state index >= 15 is 0 Å². The van der Waals surface area contributed by atoms with E-state index in [4.69, 9.17) is 0 Å². The average Bonchev–Trinajstić information content (AvgIpc) is 2.48. The third-order valence-corrected chi connectivity index (χ3v) is 4.71. The molecule has 24 heavy (non-hydrogen) atoms. The second-order valence-corrected chi connectivity index (χ2v) is 7.43. The molecule has 0 bridgehead atoms. The first-order chi connectivity index (χ1) is 11.2. The average molecular weight is 350 g/mol. The highest BCUT2D eigenvalue weighted by Gasteiger charge is 2.29. The van der Waals surface area contributed by atoms with Crippen LogP contribution in [0.3, 0.4) is 0 Å². The zero-order valence-corrected chi connectivity index (χ0v) is 14.5. The number of nitrogens with zero attached hydrogens (tertiary/aromatic N) is 1. The highest BCUT2D eigenvalue weighted by Crippen LogP contribution is 2.22. The lowest BCUT2D eigenvalue weighted by molar-refractivity contribution is -0.116. The summed E-state index contributed by atoms with van der Waals surface area (Å²) in [6, 6.07) is 11.2. The third kappa shape index (κ3) is 4.32. The van der Waals surface area contributed by atoms with Gasteiger partial charge in [0, 0.05) is 5.69 Å². The summed E-state index contributed by atoms with van der Waals surface area (Å²) in [6.45, 7) is 3.37. The lowest BCUT2D eigenvalue weighted by Crippen LogP contribution is -2.45. The number of benzene rings is 2. The van der Waals surface area contributed by atoms with Crippen molar-refractivity contribution in [2.75, 3.05) is 15.9 Å². The fourth-order valence-electron chi connectivity index (χ4n) is 2.31. The Morgan fingerprint density at radius 3 is 2.33 bits per heavy atom. The molecule has 0 spiro atoms. The maximum Gasteiger partial charge on any atom is 0.247 e. The number of anilines is 2. The van der Waals surface area contributed by atoms with Gasteiger partial charge in [-0.15, -0.1) is 0 Å². The van der Waals surface area contributed by atoms with Crippen LogP contribution in [0.5, 0.6) is 0 Å². The van der Waals surface area contributed by atoms with E-state index in [1.54, 1.807) is 24.3 Å². The number of hydrogen-bond donors (Lipinski definition) is 1. The van der Waals surface area contributed by atoms with Gasteiger partial charge in [-0.25, -0.2) is 12.8 Å². The molecule has 0 fully saturated rings. The molecule has 2 rings (SSSR count). The summed E-state index contributed by atoms with van der Waals surface area (Å²) < 4.78 is 38.6. The largest absolute Gasteiger partial charge is 0.324 e. The summed E-state index contributed by atoms with van der Waals surface area (Å²) in [4.78, 5) is 12.4. The van der Waals surface area contributed by atoms with Crippen molar-refractivity contribution < 1.29 is 17.6 Å². The van der Waals surface area contributed by atoms with Crippen LogP contribution in [0, 0.1) is 12.7 Å². The van der Waals surface area contributed by atoms with Gasteiger partial charge in [-0.3, -0.25) is 9.10 Å². The standard InChI is InChI=1S/C17H19FN2O3S/c1-12-7-9-16(10-8-12)20(24(3,22)23)13(2)17(21)19-15-6-4-5-14(18)11-15/h4-11,13H,1-3H3,(H,19,21). The number of halogens is 1. The fraction of sp³-hybridized carbons (Fsp3) is 0.235. The van der Waals surface area contributed by atoms with Crippen LogP contribution >= 0.6 is 0 Å². The summed E-state index contributed by atoms with van der Waals surface area (Å²) in [5.41, 5.74) is 1.64. The molecule has 1 N–H and O–H groups in total. The van der Waals surface area contributed by atoms with Gasteiger partial charge in [0.15, 0.2) is 0 Å². The predicted octanol–water partition coefficient (Wildman–Crippen LogP) is 2.93. The first-order valence-electron chi connectivity index (χ1n) is 7.31. The Balaban J connectivity index is 2.29. The molecule has 128 valence electrons. The molecular weight excluding hydrogens is 331 g/mol. The molecule has 0 saturated heterocycles. The molecular formula is C17H19FN2O3S. The summed E-state index contributed by atoms with van der Waals surface area (Å²) >= 11 is 0. The number of hydrogen-bond acceptors (Lipinski definition) is 3. The van der Waals surface area contributed by atoms with Crippen molar-refractivity contribution in [3.63, 3.8) is 0 Å². The van der Waals surface area contributed by atoms with Crippen molar-refractivity contribution in [2.45, 2.75) is 19.9 Å². The van der Waals surface area contributed by atoms with Crippen LogP contribution in [-0.4, -0.2) is 26.6 Å². The van der Waals surface area contributed by atoms with Crippen molar-refractivity contribution in [1.29, 1.82) is 0 Å². The molecule has 1 amide bonds. The van der Waals surface area contributed by atoms with Crippen LogP contribution in [0.2, 0.25) is 0 Å². The molecule has 0 aromatic heterocycles. The smallest absolute Gasteiger partial charge is 0.247 e. The van der Waals surface area contributed by atoms with E-state index in [2.05, 4.69) is 5.32 Å². The van der Waals surface area contributed by atoms with Gasteiger partial charge in [0.05, 0.1) is 11.9 Å². The van der Waals surface area contributed by atoms with E-state index in [9.17, 15) is 17.6 Å². The normalized spacial score (nSPS) is 12.5. The zero-order valence-electron chi connectivity index (χ0n) is 13.7. The fourth-order valence-corrected chi connectivity index (χ4v) is 3.49. The van der Waals surface area contributed by atoms with E-state index in [1.807, 2.05) is 6.92 Å². The summed E-state index contributed by atoms with van der Waals surface area (Å²) in [6.07, 6.45) is 1.04. The maximum absolute atomic E-state index is 13.2. The summed E-state index contributed by atoms with van der Waals surface area (Å²) in [5.74, 6) is -1.04. The molecule has 5 nitrogen and oxygen atoms in total. The first kappa shape index (κ1) is 17.9. The third-order valence-electron chi connectivity index (χ3n) is 3.47. The van der Waals surface area contributed by atoms with Crippen molar-refractivity contribution in [2.24, 2.45) is 0 Å². The number of rotatable bonds is 5. The van der Waals surface area contributed by atoms with Gasteiger partial charge in [-0.1, -0.05) is 23.8 Å².